The molecular formula is C20H20N2O2. The quantitative estimate of drug-likeness (QED) is 0.674. The lowest BCUT2D eigenvalue weighted by Gasteiger charge is -2.11. The highest BCUT2D eigenvalue weighted by Crippen LogP contribution is 2.29. The number of aromatic hydroxyl groups is 1. The number of hydrogen-bond acceptors (Lipinski definition) is 2. The van der Waals surface area contributed by atoms with Crippen LogP contribution in [0.5, 0.6) is 5.75 Å². The molecule has 0 fully saturated rings. The molecule has 4 heteroatoms. The van der Waals surface area contributed by atoms with Crippen molar-refractivity contribution in [1.82, 2.24) is 5.32 Å². The molecule has 3 rings (SSSR count). The summed E-state index contributed by atoms with van der Waals surface area (Å²) in [7, 11) is 0. The van der Waals surface area contributed by atoms with Crippen molar-refractivity contribution < 1.29 is 9.90 Å². The van der Waals surface area contributed by atoms with Gasteiger partial charge in [-0.1, -0.05) is 48.5 Å². The first-order valence-corrected chi connectivity index (χ1v) is 7.95. The summed E-state index contributed by atoms with van der Waals surface area (Å²) in [6.45, 7) is 2.63. The van der Waals surface area contributed by atoms with Crippen molar-refractivity contribution in [3.8, 4) is 5.75 Å². The van der Waals surface area contributed by atoms with Crippen LogP contribution in [-0.4, -0.2) is 17.7 Å². The molecule has 0 aliphatic rings. The van der Waals surface area contributed by atoms with Crippen LogP contribution in [0.4, 0.5) is 10.5 Å². The number of rotatable bonds is 4. The Bertz CT molecular complexity index is 874. The second-order valence-corrected chi connectivity index (χ2v) is 5.74. The molecule has 0 radical (unpaired) electrons. The van der Waals surface area contributed by atoms with Gasteiger partial charge in [-0.2, -0.15) is 0 Å². The van der Waals surface area contributed by atoms with E-state index in [4.69, 9.17) is 0 Å². The molecule has 0 aliphatic heterocycles. The van der Waals surface area contributed by atoms with E-state index in [0.29, 0.717) is 12.2 Å². The average Bonchev–Trinajstić information content (AvgIpc) is 2.58. The highest BCUT2D eigenvalue weighted by atomic mass is 16.3. The first-order valence-electron chi connectivity index (χ1n) is 7.95. The average molecular weight is 320 g/mol. The number of anilines is 1. The Hall–Kier alpha value is -3.01. The molecule has 24 heavy (non-hydrogen) atoms. The highest BCUT2D eigenvalue weighted by molar-refractivity contribution is 6.03. The van der Waals surface area contributed by atoms with Gasteiger partial charge >= 0.3 is 6.03 Å². The Morgan fingerprint density at radius 1 is 0.958 bits per heavy atom. The van der Waals surface area contributed by atoms with Crippen LogP contribution in [-0.2, 0) is 6.42 Å². The molecule has 4 nitrogen and oxygen atoms in total. The third kappa shape index (κ3) is 3.49. The second kappa shape index (κ2) is 7.04. The Labute approximate surface area is 141 Å². The van der Waals surface area contributed by atoms with Gasteiger partial charge < -0.3 is 15.7 Å². The van der Waals surface area contributed by atoms with Crippen LogP contribution >= 0.6 is 0 Å². The van der Waals surface area contributed by atoms with Crippen molar-refractivity contribution in [2.75, 3.05) is 11.9 Å². The van der Waals surface area contributed by atoms with Gasteiger partial charge in [-0.25, -0.2) is 4.79 Å². The van der Waals surface area contributed by atoms with Gasteiger partial charge in [-0.3, -0.25) is 0 Å². The molecule has 0 bridgehead atoms. The zero-order valence-corrected chi connectivity index (χ0v) is 13.5. The van der Waals surface area contributed by atoms with Crippen LogP contribution in [0, 0.1) is 6.92 Å². The molecule has 122 valence electrons. The summed E-state index contributed by atoms with van der Waals surface area (Å²) in [6, 6.07) is 18.6. The van der Waals surface area contributed by atoms with Gasteiger partial charge in [-0.15, -0.1) is 0 Å². The molecule has 0 saturated heterocycles. The molecule has 2 amide bonds. The normalized spacial score (nSPS) is 10.5. The van der Waals surface area contributed by atoms with Crippen molar-refractivity contribution in [2.45, 2.75) is 13.3 Å². The minimum atomic E-state index is -0.251. The Kier molecular flexibility index (Phi) is 4.66. The van der Waals surface area contributed by atoms with Crippen molar-refractivity contribution in [2.24, 2.45) is 0 Å². The largest absolute Gasteiger partial charge is 0.507 e. The maximum atomic E-state index is 12.1. The summed E-state index contributed by atoms with van der Waals surface area (Å²) >= 11 is 0. The van der Waals surface area contributed by atoms with Gasteiger partial charge in [-0.05, 0) is 36.6 Å². The van der Waals surface area contributed by atoms with E-state index in [2.05, 4.69) is 29.7 Å². The number of hydrogen-bond donors (Lipinski definition) is 3. The van der Waals surface area contributed by atoms with Gasteiger partial charge in [0.1, 0.15) is 5.75 Å². The lowest BCUT2D eigenvalue weighted by molar-refractivity contribution is 0.252. The van der Waals surface area contributed by atoms with Crippen LogP contribution < -0.4 is 10.6 Å². The minimum absolute atomic E-state index is 0.205. The molecule has 0 heterocycles. The lowest BCUT2D eigenvalue weighted by atomic mass is 10.1. The van der Waals surface area contributed by atoms with E-state index in [-0.39, 0.29) is 11.8 Å². The number of phenolic OH excluding ortho intramolecular Hbond substituents is 1. The molecule has 0 aromatic heterocycles. The van der Waals surface area contributed by atoms with E-state index in [0.717, 1.165) is 17.2 Å². The number of carbonyl (C=O) groups excluding carboxylic acids is 1. The van der Waals surface area contributed by atoms with E-state index in [1.807, 2.05) is 36.4 Å². The minimum Gasteiger partial charge on any atom is -0.507 e. The molecule has 0 atom stereocenters. The summed E-state index contributed by atoms with van der Waals surface area (Å²) in [5.41, 5.74) is 3.13. The Balaban J connectivity index is 1.63. The zero-order valence-electron chi connectivity index (χ0n) is 13.5. The predicted octanol–water partition coefficient (Wildman–Crippen LogP) is 4.22. The summed E-state index contributed by atoms with van der Waals surface area (Å²) in [5, 5.41) is 17.1. The first-order chi connectivity index (χ1) is 11.6. The monoisotopic (exact) mass is 320 g/mol. The molecular weight excluding hydrogens is 300 g/mol. The van der Waals surface area contributed by atoms with E-state index in [1.165, 1.54) is 11.1 Å². The van der Waals surface area contributed by atoms with Crippen LogP contribution in [0.25, 0.3) is 10.8 Å². The first kappa shape index (κ1) is 15.9. The number of phenols is 1. The van der Waals surface area contributed by atoms with Gasteiger partial charge in [0.15, 0.2) is 0 Å². The van der Waals surface area contributed by atoms with Crippen LogP contribution in [0.1, 0.15) is 11.1 Å². The van der Waals surface area contributed by atoms with Crippen molar-refractivity contribution in [3.63, 3.8) is 0 Å². The number of benzene rings is 3. The molecule has 0 saturated carbocycles. The third-order valence-corrected chi connectivity index (χ3v) is 4.09. The Morgan fingerprint density at radius 3 is 2.54 bits per heavy atom. The van der Waals surface area contributed by atoms with E-state index in [9.17, 15) is 9.90 Å². The summed E-state index contributed by atoms with van der Waals surface area (Å²) in [4.78, 5) is 12.1. The van der Waals surface area contributed by atoms with Gasteiger partial charge in [0.2, 0.25) is 0 Å². The fourth-order valence-corrected chi connectivity index (χ4v) is 2.77. The summed E-state index contributed by atoms with van der Waals surface area (Å²) in [6.07, 6.45) is 0.788. The topological polar surface area (TPSA) is 61.4 Å². The maximum absolute atomic E-state index is 12.1. The number of urea groups is 1. The van der Waals surface area contributed by atoms with Crippen molar-refractivity contribution in [1.29, 1.82) is 0 Å². The number of amides is 2. The molecule has 3 aromatic rings. The van der Waals surface area contributed by atoms with Crippen LogP contribution in [0.2, 0.25) is 0 Å². The highest BCUT2D eigenvalue weighted by Gasteiger charge is 2.07. The lowest BCUT2D eigenvalue weighted by Crippen LogP contribution is -2.30. The molecule has 0 unspecified atom stereocenters. The Morgan fingerprint density at radius 2 is 1.71 bits per heavy atom. The zero-order chi connectivity index (χ0) is 16.9. The summed E-state index contributed by atoms with van der Waals surface area (Å²) in [5.74, 6) is 0.205. The smallest absolute Gasteiger partial charge is 0.319 e. The SMILES string of the molecule is Cc1ccccc1CCNC(=O)Nc1cccc2c(O)cccc12. The molecule has 0 spiro atoms. The second-order valence-electron chi connectivity index (χ2n) is 5.74. The van der Waals surface area contributed by atoms with Crippen LogP contribution in [0.3, 0.4) is 0 Å². The number of nitrogens with one attached hydrogen (secondary N) is 2. The molecule has 3 aromatic carbocycles. The third-order valence-electron chi connectivity index (χ3n) is 4.09. The van der Waals surface area contributed by atoms with Gasteiger partial charge in [0.05, 0.1) is 5.69 Å². The van der Waals surface area contributed by atoms with E-state index in [1.54, 1.807) is 12.1 Å². The maximum Gasteiger partial charge on any atom is 0.319 e. The number of carbonyl (C=O) groups is 1. The standard InChI is InChI=1S/C20H20N2O2/c1-14-6-2-3-7-15(14)12-13-21-20(24)22-18-10-4-9-17-16(18)8-5-11-19(17)23/h2-11,23H,12-13H2,1H3,(H2,21,22,24). The van der Waals surface area contributed by atoms with Crippen molar-refractivity contribution in [3.05, 3.63) is 71.8 Å². The summed E-state index contributed by atoms with van der Waals surface area (Å²) < 4.78 is 0. The molecule has 0 aliphatic carbocycles. The van der Waals surface area contributed by atoms with Gasteiger partial charge in [0.25, 0.3) is 0 Å². The van der Waals surface area contributed by atoms with Crippen molar-refractivity contribution >= 4 is 22.5 Å². The fraction of sp³-hybridized carbons (Fsp3) is 0.150. The number of fused-ring (bicyclic) bond motifs is 1. The van der Waals surface area contributed by atoms with E-state index < -0.39 is 0 Å². The van der Waals surface area contributed by atoms with Gasteiger partial charge in [0, 0.05) is 17.3 Å². The van der Waals surface area contributed by atoms with Crippen LogP contribution in [0.15, 0.2) is 60.7 Å². The molecule has 3 N–H and O–H groups in total. The van der Waals surface area contributed by atoms with E-state index >= 15 is 0 Å². The number of aryl methyl sites for hydroxylation is 1. The fourth-order valence-electron chi connectivity index (χ4n) is 2.77. The predicted molar refractivity (Wildman–Crippen MR) is 97.5 cm³/mol.